The Labute approximate surface area is 235 Å². The summed E-state index contributed by atoms with van der Waals surface area (Å²) in [5, 5.41) is 9.13. The summed E-state index contributed by atoms with van der Waals surface area (Å²) >= 11 is 0. The van der Waals surface area contributed by atoms with Crippen LogP contribution in [0.25, 0.3) is 22.0 Å². The van der Waals surface area contributed by atoms with Crippen LogP contribution in [-0.4, -0.2) is 16.1 Å². The first-order valence-electron chi connectivity index (χ1n) is 12.8. The van der Waals surface area contributed by atoms with Crippen molar-refractivity contribution in [3.05, 3.63) is 131 Å². The number of aliphatic carboxylic acids is 1. The average molecular weight is 552 g/mol. The lowest BCUT2D eigenvalue weighted by Gasteiger charge is -2.17. The van der Waals surface area contributed by atoms with E-state index in [9.17, 15) is 18.0 Å². The fourth-order valence-electron chi connectivity index (χ4n) is 4.70. The number of carboxylic acids is 1. The molecule has 4 aromatic carbocycles. The van der Waals surface area contributed by atoms with Gasteiger partial charge in [-0.15, -0.1) is 0 Å². The molecule has 0 unspecified atom stereocenters. The summed E-state index contributed by atoms with van der Waals surface area (Å²) in [7, 11) is 0. The van der Waals surface area contributed by atoms with E-state index in [0.717, 1.165) is 33.9 Å². The number of fused-ring (bicyclic) bond motifs is 1. The molecule has 0 amide bonds. The number of nitrogens with zero attached hydrogens (tertiary/aromatic N) is 1. The van der Waals surface area contributed by atoms with Crippen LogP contribution in [0, 0.1) is 18.8 Å². The lowest BCUT2D eigenvalue weighted by atomic mass is 9.91. The predicted molar refractivity (Wildman–Crippen MR) is 151 cm³/mol. The van der Waals surface area contributed by atoms with Crippen molar-refractivity contribution in [2.45, 2.75) is 26.1 Å². The van der Waals surface area contributed by atoms with Crippen molar-refractivity contribution in [1.82, 2.24) is 4.98 Å². The molecule has 0 atom stereocenters. The molecule has 0 radical (unpaired) electrons. The Morgan fingerprint density at radius 2 is 1.68 bits per heavy atom. The Morgan fingerprint density at radius 3 is 2.41 bits per heavy atom. The van der Waals surface area contributed by atoms with Gasteiger partial charge in [0.05, 0.1) is 11.1 Å². The van der Waals surface area contributed by atoms with Gasteiger partial charge in [0, 0.05) is 23.1 Å². The zero-order valence-electron chi connectivity index (χ0n) is 22.0. The lowest BCUT2D eigenvalue weighted by molar-refractivity contribution is -0.136. The van der Waals surface area contributed by atoms with Crippen molar-refractivity contribution < 1.29 is 27.8 Å². The molecule has 5 aromatic rings. The Kier molecular flexibility index (Phi) is 7.75. The van der Waals surface area contributed by atoms with Gasteiger partial charge in [0.15, 0.2) is 0 Å². The minimum absolute atomic E-state index is 0.0963. The molecule has 204 valence electrons. The van der Waals surface area contributed by atoms with Crippen LogP contribution >= 0.6 is 0 Å². The van der Waals surface area contributed by atoms with E-state index in [1.165, 1.54) is 6.07 Å². The second kappa shape index (κ2) is 11.6. The Bertz CT molecular complexity index is 1800. The molecule has 1 aromatic heterocycles. The summed E-state index contributed by atoms with van der Waals surface area (Å²) in [5.41, 5.74) is 4.89. The molecule has 0 fully saturated rings. The maximum Gasteiger partial charge on any atom is 0.418 e. The summed E-state index contributed by atoms with van der Waals surface area (Å²) < 4.78 is 47.7. The maximum absolute atomic E-state index is 13.9. The molecule has 0 saturated heterocycles. The summed E-state index contributed by atoms with van der Waals surface area (Å²) in [5.74, 6) is 3.99. The smallest absolute Gasteiger partial charge is 0.418 e. The van der Waals surface area contributed by atoms with Gasteiger partial charge in [-0.3, -0.25) is 4.98 Å². The van der Waals surface area contributed by atoms with Crippen LogP contribution in [0.5, 0.6) is 5.75 Å². The predicted octanol–water partition coefficient (Wildman–Crippen LogP) is 7.83. The quantitative estimate of drug-likeness (QED) is 0.219. The third kappa shape index (κ3) is 6.39. The number of halogens is 3. The Hall–Kier alpha value is -5.09. The van der Waals surface area contributed by atoms with Crippen LogP contribution in [0.2, 0.25) is 0 Å². The minimum Gasteiger partial charge on any atom is -0.489 e. The van der Waals surface area contributed by atoms with E-state index in [4.69, 9.17) is 9.84 Å². The Balaban J connectivity index is 1.52. The van der Waals surface area contributed by atoms with Crippen molar-refractivity contribution >= 4 is 16.9 Å². The van der Waals surface area contributed by atoms with Crippen molar-refractivity contribution in [3.8, 4) is 28.7 Å². The van der Waals surface area contributed by atoms with E-state index in [1.807, 2.05) is 49.4 Å². The number of alkyl halides is 3. The number of aryl methyl sites for hydroxylation is 1. The number of aromatic nitrogens is 1. The minimum atomic E-state index is -4.54. The standard InChI is InChI=1S/C34H24F3NO3/c1-22-6-2-3-7-25(22)18-27-20-38-33-29(10-5-11-30(33)34(35,36)37)32(27)26-8-4-9-28(19-26)41-21-24-14-12-23(13-15-24)16-17-31(39)40/h2-15,19-20H,18,21H2,1H3,(H,39,40). The highest BCUT2D eigenvalue weighted by molar-refractivity contribution is 5.98. The molecular weight excluding hydrogens is 527 g/mol. The maximum atomic E-state index is 13.9. The summed E-state index contributed by atoms with van der Waals surface area (Å²) in [6.45, 7) is 2.24. The molecule has 7 heteroatoms. The number of rotatable bonds is 6. The van der Waals surface area contributed by atoms with Gasteiger partial charge >= 0.3 is 12.1 Å². The molecule has 4 nitrogen and oxygen atoms in total. The van der Waals surface area contributed by atoms with Gasteiger partial charge in [-0.1, -0.05) is 66.6 Å². The molecule has 0 aliphatic rings. The number of hydrogen-bond acceptors (Lipinski definition) is 3. The van der Waals surface area contributed by atoms with Crippen LogP contribution in [0.15, 0.2) is 97.2 Å². The van der Waals surface area contributed by atoms with Crippen molar-refractivity contribution in [2.75, 3.05) is 0 Å². The number of hydrogen-bond donors (Lipinski definition) is 1. The van der Waals surface area contributed by atoms with Crippen LogP contribution in [0.1, 0.15) is 33.4 Å². The molecule has 0 bridgehead atoms. The normalized spacial score (nSPS) is 11.1. The average Bonchev–Trinajstić information content (AvgIpc) is 2.96. The number of para-hydroxylation sites is 1. The lowest BCUT2D eigenvalue weighted by Crippen LogP contribution is -2.07. The van der Waals surface area contributed by atoms with E-state index < -0.39 is 17.7 Å². The highest BCUT2D eigenvalue weighted by Crippen LogP contribution is 2.39. The first-order valence-corrected chi connectivity index (χ1v) is 12.8. The molecule has 1 heterocycles. The Morgan fingerprint density at radius 1 is 0.927 bits per heavy atom. The second-order valence-corrected chi connectivity index (χ2v) is 9.53. The third-order valence-electron chi connectivity index (χ3n) is 6.72. The van der Waals surface area contributed by atoms with Crippen molar-refractivity contribution in [1.29, 1.82) is 0 Å². The van der Waals surface area contributed by atoms with E-state index in [2.05, 4.69) is 16.8 Å². The summed E-state index contributed by atoms with van der Waals surface area (Å²) in [4.78, 5) is 14.9. The van der Waals surface area contributed by atoms with Crippen molar-refractivity contribution in [2.24, 2.45) is 0 Å². The zero-order valence-corrected chi connectivity index (χ0v) is 22.0. The number of carbonyl (C=O) groups is 1. The fraction of sp³-hybridized carbons (Fsp3) is 0.118. The number of benzene rings is 4. The first-order chi connectivity index (χ1) is 19.7. The number of pyridine rings is 1. The van der Waals surface area contributed by atoms with E-state index >= 15 is 0 Å². The second-order valence-electron chi connectivity index (χ2n) is 9.53. The molecule has 0 aliphatic heterocycles. The van der Waals surface area contributed by atoms with Gasteiger partial charge in [0.25, 0.3) is 0 Å². The SMILES string of the molecule is Cc1ccccc1Cc1cnc2c(C(F)(F)F)cccc2c1-c1cccc(OCc2ccc(C#CC(=O)O)cc2)c1. The highest BCUT2D eigenvalue weighted by atomic mass is 19.4. The third-order valence-corrected chi connectivity index (χ3v) is 6.72. The van der Waals surface area contributed by atoms with Gasteiger partial charge in [-0.05, 0) is 77.1 Å². The zero-order chi connectivity index (χ0) is 29.0. The van der Waals surface area contributed by atoms with Gasteiger partial charge in [-0.25, -0.2) is 4.79 Å². The molecule has 41 heavy (non-hydrogen) atoms. The summed E-state index contributed by atoms with van der Waals surface area (Å²) in [6, 6.07) is 26.4. The van der Waals surface area contributed by atoms with E-state index in [1.54, 1.807) is 42.6 Å². The van der Waals surface area contributed by atoms with Crippen molar-refractivity contribution in [3.63, 3.8) is 0 Å². The van der Waals surface area contributed by atoms with Gasteiger partial charge in [0.2, 0.25) is 0 Å². The topological polar surface area (TPSA) is 59.4 Å². The van der Waals surface area contributed by atoms with Crippen LogP contribution in [0.4, 0.5) is 13.2 Å². The molecule has 0 saturated carbocycles. The first kappa shape index (κ1) is 27.5. The number of carboxylic acid groups (broad SMARTS) is 1. The molecule has 0 spiro atoms. The van der Waals surface area contributed by atoms with Crippen LogP contribution in [-0.2, 0) is 24.0 Å². The summed E-state index contributed by atoms with van der Waals surface area (Å²) in [6.07, 6.45) is -2.49. The molecule has 1 N–H and O–H groups in total. The molecule has 5 rings (SSSR count). The molecule has 0 aliphatic carbocycles. The van der Waals surface area contributed by atoms with Crippen LogP contribution < -0.4 is 4.74 Å². The number of ether oxygens (including phenoxy) is 1. The van der Waals surface area contributed by atoms with Gasteiger partial charge in [-0.2, -0.15) is 13.2 Å². The highest BCUT2D eigenvalue weighted by Gasteiger charge is 2.33. The van der Waals surface area contributed by atoms with Gasteiger partial charge < -0.3 is 9.84 Å². The van der Waals surface area contributed by atoms with E-state index in [-0.39, 0.29) is 12.1 Å². The largest absolute Gasteiger partial charge is 0.489 e. The monoisotopic (exact) mass is 551 g/mol. The molecular formula is C34H24F3NO3. The van der Waals surface area contributed by atoms with Crippen LogP contribution in [0.3, 0.4) is 0 Å². The fourth-order valence-corrected chi connectivity index (χ4v) is 4.70. The van der Waals surface area contributed by atoms with Gasteiger partial charge in [0.1, 0.15) is 12.4 Å². The van der Waals surface area contributed by atoms with E-state index in [0.29, 0.717) is 28.7 Å².